The van der Waals surface area contributed by atoms with Gasteiger partial charge in [0.25, 0.3) is 0 Å². The van der Waals surface area contributed by atoms with Crippen molar-refractivity contribution >= 4 is 28.5 Å². The number of benzene rings is 3. The smallest absolute Gasteiger partial charge is 0.344 e. The van der Waals surface area contributed by atoms with Gasteiger partial charge in [-0.3, -0.25) is 0 Å². The Morgan fingerprint density at radius 3 is 2.37 bits per heavy atom. The van der Waals surface area contributed by atoms with Crippen LogP contribution in [0, 0.1) is 0 Å². The fraction of sp³-hybridized carbons (Fsp3) is 0.214. The van der Waals surface area contributed by atoms with Gasteiger partial charge in [0.05, 0.1) is 11.2 Å². The van der Waals surface area contributed by atoms with E-state index in [1.54, 1.807) is 18.2 Å². The van der Waals surface area contributed by atoms with Gasteiger partial charge in [0.2, 0.25) is 0 Å². The highest BCUT2D eigenvalue weighted by Crippen LogP contribution is 2.27. The summed E-state index contributed by atoms with van der Waals surface area (Å²) in [5.41, 5.74) is 2.45. The molecule has 1 atom stereocenters. The van der Waals surface area contributed by atoms with Crippen LogP contribution in [0.3, 0.4) is 0 Å². The van der Waals surface area contributed by atoms with E-state index in [1.165, 1.54) is 0 Å². The zero-order valence-corrected chi connectivity index (χ0v) is 20.1. The summed E-state index contributed by atoms with van der Waals surface area (Å²) < 4.78 is 17.5. The zero-order valence-electron chi connectivity index (χ0n) is 19.3. The van der Waals surface area contributed by atoms with Crippen LogP contribution in [0.1, 0.15) is 31.0 Å². The van der Waals surface area contributed by atoms with Crippen LogP contribution in [0.25, 0.3) is 10.9 Å². The predicted octanol–water partition coefficient (Wildman–Crippen LogP) is 6.68. The normalized spacial score (nSPS) is 11.7. The second kappa shape index (κ2) is 11.6. The number of aromatic nitrogens is 1. The van der Waals surface area contributed by atoms with Crippen LogP contribution in [0.2, 0.25) is 5.02 Å². The van der Waals surface area contributed by atoms with Crippen LogP contribution < -0.4 is 14.2 Å². The fourth-order valence-corrected chi connectivity index (χ4v) is 3.76. The van der Waals surface area contributed by atoms with Crippen LogP contribution in [0.5, 0.6) is 17.2 Å². The maximum absolute atomic E-state index is 11.5. The molecule has 1 unspecified atom stereocenters. The lowest BCUT2D eigenvalue weighted by Crippen LogP contribution is -2.27. The van der Waals surface area contributed by atoms with E-state index < -0.39 is 12.1 Å². The first-order valence-electron chi connectivity index (χ1n) is 11.4. The number of carbonyl (C=O) groups is 1. The van der Waals surface area contributed by atoms with Crippen LogP contribution in [0.4, 0.5) is 0 Å². The highest BCUT2D eigenvalue weighted by Gasteiger charge is 2.20. The molecule has 0 bridgehead atoms. The van der Waals surface area contributed by atoms with E-state index in [4.69, 9.17) is 25.8 Å². The van der Waals surface area contributed by atoms with Gasteiger partial charge in [-0.2, -0.15) is 0 Å². The molecule has 0 radical (unpaired) electrons. The van der Waals surface area contributed by atoms with Gasteiger partial charge in [-0.25, -0.2) is 9.78 Å². The average molecular weight is 492 g/mol. The second-order valence-corrected chi connectivity index (χ2v) is 8.47. The van der Waals surface area contributed by atoms with Gasteiger partial charge in [0, 0.05) is 16.0 Å². The summed E-state index contributed by atoms with van der Waals surface area (Å²) in [5.74, 6) is 0.777. The third-order valence-electron chi connectivity index (χ3n) is 5.38. The Morgan fingerprint density at radius 1 is 0.943 bits per heavy atom. The Labute approximate surface area is 209 Å². The van der Waals surface area contributed by atoms with Gasteiger partial charge in [0.15, 0.2) is 6.10 Å². The molecule has 0 amide bonds. The van der Waals surface area contributed by atoms with Gasteiger partial charge in [0.1, 0.15) is 30.5 Å². The lowest BCUT2D eigenvalue weighted by Gasteiger charge is -2.18. The van der Waals surface area contributed by atoms with Crippen molar-refractivity contribution in [3.05, 3.63) is 95.1 Å². The molecule has 0 aliphatic heterocycles. The number of fused-ring (bicyclic) bond motifs is 1. The SMILES string of the molecule is CCCC(Oc1ccc(Cl)cc1COc1ccc(OCc2ccc3ccccc3n2)cc1)C(=O)O. The molecular weight excluding hydrogens is 466 g/mol. The van der Waals surface area contributed by atoms with E-state index in [-0.39, 0.29) is 6.61 Å². The fourth-order valence-electron chi connectivity index (χ4n) is 3.56. The van der Waals surface area contributed by atoms with Crippen molar-refractivity contribution in [2.75, 3.05) is 0 Å². The molecule has 0 saturated heterocycles. The van der Waals surface area contributed by atoms with Crippen molar-refractivity contribution < 1.29 is 24.1 Å². The minimum atomic E-state index is -0.997. The Balaban J connectivity index is 1.36. The van der Waals surface area contributed by atoms with Crippen LogP contribution in [-0.2, 0) is 18.0 Å². The molecule has 6 nitrogen and oxygen atoms in total. The first-order chi connectivity index (χ1) is 17.0. The molecule has 0 spiro atoms. The van der Waals surface area contributed by atoms with Crippen molar-refractivity contribution in [3.8, 4) is 17.2 Å². The summed E-state index contributed by atoms with van der Waals surface area (Å²) in [4.78, 5) is 16.1. The maximum atomic E-state index is 11.5. The van der Waals surface area contributed by atoms with Gasteiger partial charge in [-0.05, 0) is 61.0 Å². The van der Waals surface area contributed by atoms with Crippen molar-refractivity contribution in [2.45, 2.75) is 39.1 Å². The molecule has 0 aliphatic rings. The number of ether oxygens (including phenoxy) is 3. The molecular formula is C28H26ClNO5. The van der Waals surface area contributed by atoms with E-state index >= 15 is 0 Å². The first-order valence-corrected chi connectivity index (χ1v) is 11.8. The summed E-state index contributed by atoms with van der Waals surface area (Å²) in [7, 11) is 0. The number of rotatable bonds is 11. The molecule has 1 N–H and O–H groups in total. The Kier molecular flexibility index (Phi) is 8.06. The summed E-state index contributed by atoms with van der Waals surface area (Å²) in [5, 5.41) is 11.0. The Hall–Kier alpha value is -3.77. The van der Waals surface area contributed by atoms with E-state index in [0.29, 0.717) is 47.3 Å². The maximum Gasteiger partial charge on any atom is 0.344 e. The van der Waals surface area contributed by atoms with Crippen molar-refractivity contribution in [1.29, 1.82) is 0 Å². The summed E-state index contributed by atoms with van der Waals surface area (Å²) >= 11 is 6.15. The zero-order chi connectivity index (χ0) is 24.6. The number of para-hydroxylation sites is 1. The van der Waals surface area contributed by atoms with E-state index in [9.17, 15) is 9.90 Å². The molecule has 1 heterocycles. The molecule has 35 heavy (non-hydrogen) atoms. The molecule has 1 aromatic heterocycles. The van der Waals surface area contributed by atoms with E-state index in [0.717, 1.165) is 16.6 Å². The average Bonchev–Trinajstić information content (AvgIpc) is 2.87. The van der Waals surface area contributed by atoms with Crippen LogP contribution >= 0.6 is 11.6 Å². The topological polar surface area (TPSA) is 77.9 Å². The van der Waals surface area contributed by atoms with Crippen molar-refractivity contribution in [1.82, 2.24) is 4.98 Å². The largest absolute Gasteiger partial charge is 0.489 e. The number of hydrogen-bond acceptors (Lipinski definition) is 5. The highest BCUT2D eigenvalue weighted by atomic mass is 35.5. The number of carboxylic acids is 1. The first kappa shape index (κ1) is 24.4. The van der Waals surface area contributed by atoms with Crippen molar-refractivity contribution in [2.24, 2.45) is 0 Å². The third-order valence-corrected chi connectivity index (χ3v) is 5.61. The standard InChI is InChI=1S/C28H26ClNO5/c1-2-5-27(28(31)32)35-26-15-9-21(29)16-20(26)17-33-23-11-13-24(14-12-23)34-18-22-10-8-19-6-3-4-7-25(19)30-22/h3-4,6-16,27H,2,5,17-18H2,1H3,(H,31,32). The second-order valence-electron chi connectivity index (χ2n) is 8.03. The molecule has 0 saturated carbocycles. The predicted molar refractivity (Wildman–Crippen MR) is 135 cm³/mol. The number of aliphatic carboxylic acids is 1. The van der Waals surface area contributed by atoms with E-state index in [2.05, 4.69) is 4.98 Å². The van der Waals surface area contributed by atoms with Gasteiger partial charge < -0.3 is 19.3 Å². The summed E-state index contributed by atoms with van der Waals surface area (Å²) in [6, 6.07) is 24.3. The molecule has 0 aliphatic carbocycles. The Morgan fingerprint density at radius 2 is 1.66 bits per heavy atom. The minimum Gasteiger partial charge on any atom is -0.489 e. The minimum absolute atomic E-state index is 0.176. The van der Waals surface area contributed by atoms with Gasteiger partial charge in [-0.15, -0.1) is 0 Å². The number of nitrogens with zero attached hydrogens (tertiary/aromatic N) is 1. The quantitative estimate of drug-likeness (QED) is 0.252. The molecule has 180 valence electrons. The lowest BCUT2D eigenvalue weighted by molar-refractivity contribution is -0.145. The molecule has 4 rings (SSSR count). The third kappa shape index (κ3) is 6.64. The summed E-state index contributed by atoms with van der Waals surface area (Å²) in [6.45, 7) is 2.45. The molecule has 4 aromatic rings. The lowest BCUT2D eigenvalue weighted by atomic mass is 10.2. The van der Waals surface area contributed by atoms with Crippen LogP contribution in [-0.4, -0.2) is 22.2 Å². The van der Waals surface area contributed by atoms with Gasteiger partial charge >= 0.3 is 5.97 Å². The molecule has 0 fully saturated rings. The summed E-state index contributed by atoms with van der Waals surface area (Å²) in [6.07, 6.45) is 0.185. The van der Waals surface area contributed by atoms with E-state index in [1.807, 2.05) is 67.6 Å². The molecule has 7 heteroatoms. The molecule has 3 aromatic carbocycles. The monoisotopic (exact) mass is 491 g/mol. The van der Waals surface area contributed by atoms with Gasteiger partial charge in [-0.1, -0.05) is 49.2 Å². The number of pyridine rings is 1. The van der Waals surface area contributed by atoms with Crippen molar-refractivity contribution in [3.63, 3.8) is 0 Å². The van der Waals surface area contributed by atoms with Crippen LogP contribution in [0.15, 0.2) is 78.9 Å². The Bertz CT molecular complexity index is 1290. The number of hydrogen-bond donors (Lipinski definition) is 1. The number of halogens is 1. The number of carboxylic acid groups (broad SMARTS) is 1. The highest BCUT2D eigenvalue weighted by molar-refractivity contribution is 6.30.